The van der Waals surface area contributed by atoms with Gasteiger partial charge in [0.15, 0.2) is 0 Å². The second-order valence-electron chi connectivity index (χ2n) is 5.62. The zero-order chi connectivity index (χ0) is 17.9. The van der Waals surface area contributed by atoms with Crippen LogP contribution in [0.2, 0.25) is 10.0 Å². The summed E-state index contributed by atoms with van der Waals surface area (Å²) in [5.74, 6) is 0. The molecule has 2 heterocycles. The highest BCUT2D eigenvalue weighted by Gasteiger charge is 2.08. The molecular formula is C19H14Cl2N4S. The van der Waals surface area contributed by atoms with Crippen molar-refractivity contribution in [2.45, 2.75) is 6.54 Å². The molecule has 0 bridgehead atoms. The van der Waals surface area contributed by atoms with E-state index in [1.165, 1.54) is 0 Å². The second kappa shape index (κ2) is 7.50. The number of rotatable bonds is 5. The number of para-hydroxylation sites is 1. The summed E-state index contributed by atoms with van der Waals surface area (Å²) >= 11 is 14.1. The summed E-state index contributed by atoms with van der Waals surface area (Å²) in [4.78, 5) is 4.50. The van der Waals surface area contributed by atoms with Gasteiger partial charge in [0, 0.05) is 21.8 Å². The van der Waals surface area contributed by atoms with E-state index in [0.717, 1.165) is 26.6 Å². The molecule has 0 unspecified atom stereocenters. The lowest BCUT2D eigenvalue weighted by atomic mass is 10.2. The van der Waals surface area contributed by atoms with Gasteiger partial charge in [-0.15, -0.1) is 0 Å². The second-order valence-corrected chi connectivity index (χ2v) is 7.46. The Morgan fingerprint density at radius 3 is 2.65 bits per heavy atom. The Balaban J connectivity index is 1.51. The molecule has 0 saturated carbocycles. The molecule has 0 saturated heterocycles. The smallest absolute Gasteiger partial charge is 0.204 e. The van der Waals surface area contributed by atoms with Crippen LogP contribution in [0.1, 0.15) is 11.3 Å². The number of anilines is 1. The SMILES string of the molecule is Clc1cccc(Cl)c1Cn1cccc1/C=N\Nc1nc2ccccc2s1. The predicted octanol–water partition coefficient (Wildman–Crippen LogP) is 5.90. The first kappa shape index (κ1) is 17.1. The van der Waals surface area contributed by atoms with Gasteiger partial charge in [0.05, 0.1) is 28.7 Å². The molecular weight excluding hydrogens is 387 g/mol. The Labute approximate surface area is 164 Å². The molecule has 0 aliphatic carbocycles. The van der Waals surface area contributed by atoms with Crippen LogP contribution in [0.4, 0.5) is 5.13 Å². The first-order valence-electron chi connectivity index (χ1n) is 7.93. The van der Waals surface area contributed by atoms with Crippen molar-refractivity contribution in [1.82, 2.24) is 9.55 Å². The number of hydrazone groups is 1. The minimum absolute atomic E-state index is 0.577. The molecule has 0 aliphatic heterocycles. The molecule has 4 aromatic rings. The summed E-state index contributed by atoms with van der Waals surface area (Å²) in [6, 6.07) is 17.5. The number of nitrogens with one attached hydrogen (secondary N) is 1. The molecule has 2 aromatic carbocycles. The monoisotopic (exact) mass is 400 g/mol. The molecule has 4 rings (SSSR count). The van der Waals surface area contributed by atoms with E-state index in [-0.39, 0.29) is 0 Å². The zero-order valence-electron chi connectivity index (χ0n) is 13.6. The van der Waals surface area contributed by atoms with E-state index < -0.39 is 0 Å². The van der Waals surface area contributed by atoms with E-state index in [4.69, 9.17) is 23.2 Å². The van der Waals surface area contributed by atoms with E-state index in [1.54, 1.807) is 17.6 Å². The number of fused-ring (bicyclic) bond motifs is 1. The number of hydrogen-bond acceptors (Lipinski definition) is 4. The van der Waals surface area contributed by atoms with Crippen molar-refractivity contribution >= 4 is 56.1 Å². The third kappa shape index (κ3) is 3.60. The lowest BCUT2D eigenvalue weighted by Gasteiger charge is -2.10. The van der Waals surface area contributed by atoms with Crippen molar-refractivity contribution < 1.29 is 0 Å². The lowest BCUT2D eigenvalue weighted by molar-refractivity contribution is 0.800. The molecule has 0 aliphatic rings. The predicted molar refractivity (Wildman–Crippen MR) is 111 cm³/mol. The van der Waals surface area contributed by atoms with Crippen molar-refractivity contribution in [2.75, 3.05) is 5.43 Å². The molecule has 0 spiro atoms. The van der Waals surface area contributed by atoms with Crippen LogP contribution in [0.5, 0.6) is 0 Å². The number of nitrogens with zero attached hydrogens (tertiary/aromatic N) is 3. The van der Waals surface area contributed by atoms with Crippen LogP contribution >= 0.6 is 34.5 Å². The summed E-state index contributed by atoms with van der Waals surface area (Å²) in [5, 5.41) is 6.38. The summed E-state index contributed by atoms with van der Waals surface area (Å²) in [6.45, 7) is 0.577. The van der Waals surface area contributed by atoms with E-state index in [9.17, 15) is 0 Å². The highest BCUT2D eigenvalue weighted by atomic mass is 35.5. The quantitative estimate of drug-likeness (QED) is 0.334. The highest BCUT2D eigenvalue weighted by Crippen LogP contribution is 2.26. The van der Waals surface area contributed by atoms with Gasteiger partial charge in [-0.3, -0.25) is 5.43 Å². The van der Waals surface area contributed by atoms with Crippen molar-refractivity contribution in [3.8, 4) is 0 Å². The van der Waals surface area contributed by atoms with Gasteiger partial charge < -0.3 is 4.57 Å². The number of thiazole rings is 1. The molecule has 130 valence electrons. The third-order valence-corrected chi connectivity index (χ3v) is 5.55. The molecule has 26 heavy (non-hydrogen) atoms. The fraction of sp³-hybridized carbons (Fsp3) is 0.0526. The molecule has 0 radical (unpaired) electrons. The Bertz CT molecular complexity index is 1030. The summed E-state index contributed by atoms with van der Waals surface area (Å²) in [6.07, 6.45) is 3.73. The third-order valence-electron chi connectivity index (χ3n) is 3.91. The molecule has 0 atom stereocenters. The van der Waals surface area contributed by atoms with Gasteiger partial charge >= 0.3 is 0 Å². The Hall–Kier alpha value is -2.34. The van der Waals surface area contributed by atoms with Crippen LogP contribution in [0, 0.1) is 0 Å². The largest absolute Gasteiger partial charge is 0.342 e. The van der Waals surface area contributed by atoms with Gasteiger partial charge in [0.1, 0.15) is 0 Å². The van der Waals surface area contributed by atoms with Gasteiger partial charge in [0.2, 0.25) is 5.13 Å². The first-order valence-corrected chi connectivity index (χ1v) is 9.50. The Morgan fingerprint density at radius 1 is 1.04 bits per heavy atom. The van der Waals surface area contributed by atoms with Crippen molar-refractivity contribution in [2.24, 2.45) is 5.10 Å². The van der Waals surface area contributed by atoms with E-state index in [0.29, 0.717) is 16.6 Å². The Morgan fingerprint density at radius 2 is 1.85 bits per heavy atom. The molecule has 1 N–H and O–H groups in total. The maximum atomic E-state index is 6.27. The summed E-state index contributed by atoms with van der Waals surface area (Å²) in [7, 11) is 0. The molecule has 4 nitrogen and oxygen atoms in total. The normalized spacial score (nSPS) is 11.5. The molecule has 2 aromatic heterocycles. The van der Waals surface area contributed by atoms with Crippen molar-refractivity contribution in [3.63, 3.8) is 0 Å². The fourth-order valence-corrected chi connectivity index (χ4v) is 3.95. The van der Waals surface area contributed by atoms with Crippen LogP contribution < -0.4 is 5.43 Å². The minimum Gasteiger partial charge on any atom is -0.342 e. The zero-order valence-corrected chi connectivity index (χ0v) is 15.9. The average molecular weight is 401 g/mol. The lowest BCUT2D eigenvalue weighted by Crippen LogP contribution is -2.04. The van der Waals surface area contributed by atoms with Crippen LogP contribution in [-0.2, 0) is 6.54 Å². The van der Waals surface area contributed by atoms with Gasteiger partial charge in [-0.25, -0.2) is 4.98 Å². The summed E-state index contributed by atoms with van der Waals surface area (Å²) in [5.41, 5.74) is 5.79. The minimum atomic E-state index is 0.577. The average Bonchev–Trinajstić information content (AvgIpc) is 3.24. The maximum absolute atomic E-state index is 6.27. The number of aromatic nitrogens is 2. The van der Waals surface area contributed by atoms with Crippen LogP contribution in [0.25, 0.3) is 10.2 Å². The van der Waals surface area contributed by atoms with E-state index in [1.807, 2.05) is 65.4 Å². The van der Waals surface area contributed by atoms with Gasteiger partial charge in [0.25, 0.3) is 0 Å². The van der Waals surface area contributed by atoms with E-state index >= 15 is 0 Å². The van der Waals surface area contributed by atoms with Crippen LogP contribution in [0.3, 0.4) is 0 Å². The van der Waals surface area contributed by atoms with Gasteiger partial charge in [-0.1, -0.05) is 52.7 Å². The topological polar surface area (TPSA) is 42.2 Å². The standard InChI is InChI=1S/C19H14Cl2N4S/c20-15-6-3-7-16(21)14(15)12-25-10-4-5-13(25)11-22-24-19-23-17-8-1-2-9-18(17)26-19/h1-11H,12H2,(H,23,24)/b22-11-. The van der Waals surface area contributed by atoms with Crippen LogP contribution in [-0.4, -0.2) is 15.8 Å². The van der Waals surface area contributed by atoms with E-state index in [2.05, 4.69) is 15.5 Å². The number of benzene rings is 2. The highest BCUT2D eigenvalue weighted by molar-refractivity contribution is 7.22. The molecule has 0 fully saturated rings. The number of halogens is 2. The fourth-order valence-electron chi connectivity index (χ4n) is 2.62. The van der Waals surface area contributed by atoms with Gasteiger partial charge in [-0.05, 0) is 36.4 Å². The van der Waals surface area contributed by atoms with Crippen molar-refractivity contribution in [3.05, 3.63) is 82.1 Å². The van der Waals surface area contributed by atoms with Gasteiger partial charge in [-0.2, -0.15) is 5.10 Å². The van der Waals surface area contributed by atoms with Crippen molar-refractivity contribution in [1.29, 1.82) is 0 Å². The summed E-state index contributed by atoms with van der Waals surface area (Å²) < 4.78 is 3.17. The molecule has 7 heteroatoms. The number of hydrogen-bond donors (Lipinski definition) is 1. The first-order chi connectivity index (χ1) is 12.7. The molecule has 0 amide bonds. The maximum Gasteiger partial charge on any atom is 0.204 e. The van der Waals surface area contributed by atoms with Crippen LogP contribution in [0.15, 0.2) is 65.9 Å². The Kier molecular flexibility index (Phi) is 4.93.